The van der Waals surface area contributed by atoms with Gasteiger partial charge in [-0.15, -0.1) is 0 Å². The predicted molar refractivity (Wildman–Crippen MR) is 164 cm³/mol. The Labute approximate surface area is 246 Å². The molecule has 3 amide bonds. The molecular formula is C31H38N8O3. The number of rotatable bonds is 5. The Morgan fingerprint density at radius 2 is 1.64 bits per heavy atom. The molecule has 0 saturated carbocycles. The fourth-order valence-corrected chi connectivity index (χ4v) is 6.13. The number of aromatic nitrogens is 2. The first-order valence-electron chi connectivity index (χ1n) is 14.5. The third-order valence-corrected chi connectivity index (χ3v) is 8.73. The molecule has 2 fully saturated rings. The van der Waals surface area contributed by atoms with Crippen LogP contribution in [0, 0.1) is 0 Å². The number of benzene rings is 2. The average Bonchev–Trinajstić information content (AvgIpc) is 3.10. The van der Waals surface area contributed by atoms with Crippen molar-refractivity contribution in [3.63, 3.8) is 0 Å². The Balaban J connectivity index is 1.18. The smallest absolute Gasteiger partial charge is 0.328 e. The zero-order valence-electron chi connectivity index (χ0n) is 24.7. The maximum absolute atomic E-state index is 13.4. The Kier molecular flexibility index (Phi) is 7.70. The fourth-order valence-electron chi connectivity index (χ4n) is 6.13. The van der Waals surface area contributed by atoms with Crippen LogP contribution >= 0.6 is 0 Å². The second-order valence-corrected chi connectivity index (χ2v) is 11.2. The number of anilines is 4. The fraction of sp³-hybridized carbons (Fsp3) is 0.419. The summed E-state index contributed by atoms with van der Waals surface area (Å²) in [7, 11) is 7.22. The van der Waals surface area contributed by atoms with E-state index in [9.17, 15) is 9.59 Å². The van der Waals surface area contributed by atoms with Crippen LogP contribution in [-0.2, 0) is 0 Å². The molecule has 0 aliphatic carbocycles. The van der Waals surface area contributed by atoms with Crippen LogP contribution in [0.25, 0.3) is 11.3 Å². The number of carbonyl (C=O) groups is 2. The number of nitrogens with zero attached hydrogens (tertiary/aromatic N) is 7. The molecule has 220 valence electrons. The minimum Gasteiger partial charge on any atom is -0.495 e. The minimum atomic E-state index is -0.170. The van der Waals surface area contributed by atoms with Gasteiger partial charge in [-0.2, -0.15) is 0 Å². The highest BCUT2D eigenvalue weighted by atomic mass is 16.5. The summed E-state index contributed by atoms with van der Waals surface area (Å²) in [5.74, 6) is 0.905. The number of nitrogens with one attached hydrogen (secondary N) is 1. The van der Waals surface area contributed by atoms with E-state index in [0.717, 1.165) is 63.4 Å². The number of likely N-dealkylation sites (N-methyl/N-ethyl adjacent to an activating group) is 1. The lowest BCUT2D eigenvalue weighted by Crippen LogP contribution is -2.52. The number of urea groups is 1. The largest absolute Gasteiger partial charge is 0.495 e. The number of ether oxygens (including phenoxy) is 1. The highest BCUT2D eigenvalue weighted by Crippen LogP contribution is 2.39. The van der Waals surface area contributed by atoms with Crippen molar-refractivity contribution in [2.75, 3.05) is 82.6 Å². The predicted octanol–water partition coefficient (Wildman–Crippen LogP) is 3.75. The lowest BCUT2D eigenvalue weighted by molar-refractivity contribution is 0.0518. The standard InChI is InChI=1S/C31H38N8O3/c1-35-15-17-38(18-16-35)22-11-13-39(14-12-22)29(40)21-9-10-24(27(19-21)42-4)33-30-32-20-26-28(34-30)23-7-5-6-8-25(23)36(2)31(41)37(26)3/h5-10,19-20,22H,11-18H2,1-4H3,(H,32,33,34). The third kappa shape index (κ3) is 5.25. The monoisotopic (exact) mass is 570 g/mol. The number of piperazine rings is 1. The topological polar surface area (TPSA) is 97.4 Å². The van der Waals surface area contributed by atoms with Gasteiger partial charge in [0.2, 0.25) is 5.95 Å². The zero-order valence-corrected chi connectivity index (χ0v) is 24.7. The maximum atomic E-state index is 13.4. The number of carbonyl (C=O) groups excluding carboxylic acids is 2. The number of hydrogen-bond donors (Lipinski definition) is 1. The van der Waals surface area contributed by atoms with E-state index in [-0.39, 0.29) is 11.9 Å². The van der Waals surface area contributed by atoms with Crippen LogP contribution in [0.1, 0.15) is 23.2 Å². The molecule has 4 heterocycles. The molecule has 0 atom stereocenters. The van der Waals surface area contributed by atoms with E-state index < -0.39 is 0 Å². The molecule has 0 bridgehead atoms. The highest BCUT2D eigenvalue weighted by Gasteiger charge is 2.30. The normalized spacial score (nSPS) is 18.4. The van der Waals surface area contributed by atoms with E-state index in [2.05, 4.69) is 27.1 Å². The molecule has 2 saturated heterocycles. The summed E-state index contributed by atoms with van der Waals surface area (Å²) in [6, 6.07) is 13.5. The number of piperidine rings is 1. The molecule has 6 rings (SSSR count). The van der Waals surface area contributed by atoms with E-state index in [0.29, 0.717) is 40.4 Å². The Hall–Kier alpha value is -4.22. The first-order chi connectivity index (χ1) is 20.3. The van der Waals surface area contributed by atoms with Crippen molar-refractivity contribution in [1.82, 2.24) is 24.7 Å². The molecule has 3 aromatic rings. The molecular weight excluding hydrogens is 532 g/mol. The van der Waals surface area contributed by atoms with Gasteiger partial charge >= 0.3 is 6.03 Å². The van der Waals surface area contributed by atoms with E-state index in [1.807, 2.05) is 41.3 Å². The van der Waals surface area contributed by atoms with Crippen molar-refractivity contribution >= 4 is 34.9 Å². The van der Waals surface area contributed by atoms with Crippen LogP contribution in [-0.4, -0.2) is 110 Å². The summed E-state index contributed by atoms with van der Waals surface area (Å²) in [6.45, 7) is 5.94. The average molecular weight is 571 g/mol. The number of hydrogen-bond acceptors (Lipinski definition) is 8. The third-order valence-electron chi connectivity index (χ3n) is 8.73. The molecule has 2 aromatic carbocycles. The van der Waals surface area contributed by atoms with Gasteiger partial charge in [0.25, 0.3) is 5.91 Å². The molecule has 11 nitrogen and oxygen atoms in total. The van der Waals surface area contributed by atoms with Crippen molar-refractivity contribution < 1.29 is 14.3 Å². The second kappa shape index (κ2) is 11.6. The number of amides is 3. The highest BCUT2D eigenvalue weighted by molar-refractivity contribution is 6.10. The summed E-state index contributed by atoms with van der Waals surface area (Å²) in [4.78, 5) is 45.8. The summed E-state index contributed by atoms with van der Waals surface area (Å²) in [5.41, 5.74) is 4.11. The number of para-hydroxylation sites is 1. The first kappa shape index (κ1) is 27.9. The summed E-state index contributed by atoms with van der Waals surface area (Å²) < 4.78 is 5.68. The lowest BCUT2D eigenvalue weighted by atomic mass is 10.0. The van der Waals surface area contributed by atoms with E-state index >= 15 is 0 Å². The molecule has 42 heavy (non-hydrogen) atoms. The van der Waals surface area contributed by atoms with E-state index in [1.165, 1.54) is 0 Å². The van der Waals surface area contributed by atoms with Crippen LogP contribution in [0.15, 0.2) is 48.7 Å². The molecule has 0 unspecified atom stereocenters. The van der Waals surface area contributed by atoms with Gasteiger partial charge in [-0.1, -0.05) is 18.2 Å². The van der Waals surface area contributed by atoms with Crippen LogP contribution in [0.3, 0.4) is 0 Å². The van der Waals surface area contributed by atoms with Crippen molar-refractivity contribution in [3.8, 4) is 17.0 Å². The van der Waals surface area contributed by atoms with Crippen LogP contribution < -0.4 is 19.9 Å². The summed E-state index contributed by atoms with van der Waals surface area (Å²) in [6.07, 6.45) is 3.65. The number of likely N-dealkylation sites (tertiary alicyclic amines) is 1. The van der Waals surface area contributed by atoms with Crippen molar-refractivity contribution in [2.24, 2.45) is 0 Å². The van der Waals surface area contributed by atoms with Gasteiger partial charge in [-0.05, 0) is 44.2 Å². The van der Waals surface area contributed by atoms with Gasteiger partial charge in [0.05, 0.1) is 30.4 Å². The van der Waals surface area contributed by atoms with Crippen molar-refractivity contribution in [1.29, 1.82) is 0 Å². The van der Waals surface area contributed by atoms with Gasteiger partial charge in [-0.3, -0.25) is 19.5 Å². The molecule has 11 heteroatoms. The molecule has 1 aromatic heterocycles. The van der Waals surface area contributed by atoms with Gasteiger partial charge in [0.1, 0.15) is 11.4 Å². The van der Waals surface area contributed by atoms with Crippen molar-refractivity contribution in [3.05, 3.63) is 54.2 Å². The van der Waals surface area contributed by atoms with Crippen LogP contribution in [0.4, 0.5) is 27.8 Å². The molecule has 0 spiro atoms. The van der Waals surface area contributed by atoms with E-state index in [4.69, 9.17) is 9.72 Å². The molecule has 3 aliphatic heterocycles. The molecule has 1 N–H and O–H groups in total. The molecule has 3 aliphatic rings. The van der Waals surface area contributed by atoms with Crippen LogP contribution in [0.2, 0.25) is 0 Å². The quantitative estimate of drug-likeness (QED) is 0.496. The van der Waals surface area contributed by atoms with Crippen molar-refractivity contribution in [2.45, 2.75) is 18.9 Å². The lowest BCUT2D eigenvalue weighted by Gasteiger charge is -2.42. The SMILES string of the molecule is COc1cc(C(=O)N2CCC(N3CCN(C)CC3)CC2)ccc1Nc1ncc2c(n1)-c1ccccc1N(C)C(=O)N2C. The second-order valence-electron chi connectivity index (χ2n) is 11.2. The Bertz CT molecular complexity index is 1480. The van der Waals surface area contributed by atoms with Gasteiger partial charge in [0, 0.05) is 70.5 Å². The first-order valence-corrected chi connectivity index (χ1v) is 14.5. The van der Waals surface area contributed by atoms with Crippen LogP contribution in [0.5, 0.6) is 5.75 Å². The summed E-state index contributed by atoms with van der Waals surface area (Å²) >= 11 is 0. The van der Waals surface area contributed by atoms with Gasteiger partial charge in [-0.25, -0.2) is 14.8 Å². The summed E-state index contributed by atoms with van der Waals surface area (Å²) in [5, 5.41) is 3.25. The minimum absolute atomic E-state index is 0.0198. The maximum Gasteiger partial charge on any atom is 0.328 e. The van der Waals surface area contributed by atoms with Gasteiger partial charge < -0.3 is 19.9 Å². The Morgan fingerprint density at radius 1 is 0.929 bits per heavy atom. The van der Waals surface area contributed by atoms with Gasteiger partial charge in [0.15, 0.2) is 0 Å². The van der Waals surface area contributed by atoms with E-state index in [1.54, 1.807) is 43.3 Å². The number of fused-ring (bicyclic) bond motifs is 3. The number of methoxy groups -OCH3 is 1. The zero-order chi connectivity index (χ0) is 29.4. The Morgan fingerprint density at radius 3 is 2.38 bits per heavy atom. The molecule has 0 radical (unpaired) electrons.